The first-order chi connectivity index (χ1) is 9.06. The van der Waals surface area contributed by atoms with Gasteiger partial charge >= 0.3 is 0 Å². The minimum absolute atomic E-state index is 0.468. The van der Waals surface area contributed by atoms with Gasteiger partial charge in [0, 0.05) is 24.2 Å². The fourth-order valence-electron chi connectivity index (χ4n) is 2.72. The average molecular weight is 283 g/mol. The second kappa shape index (κ2) is 6.71. The third-order valence-corrected chi connectivity index (χ3v) is 4.19. The molecule has 2 rings (SSSR count). The maximum Gasteiger partial charge on any atom is 0.0914 e. The largest absolute Gasteiger partial charge is 0.387 e. The van der Waals surface area contributed by atoms with Crippen LogP contribution in [-0.4, -0.2) is 42.7 Å². The van der Waals surface area contributed by atoms with E-state index in [1.165, 1.54) is 0 Å². The van der Waals surface area contributed by atoms with E-state index in [1.54, 1.807) is 0 Å². The van der Waals surface area contributed by atoms with Crippen LogP contribution in [0.3, 0.4) is 0 Å². The Morgan fingerprint density at radius 2 is 2.11 bits per heavy atom. The van der Waals surface area contributed by atoms with Gasteiger partial charge < -0.3 is 15.3 Å². The van der Waals surface area contributed by atoms with Gasteiger partial charge in [0.2, 0.25) is 0 Å². The Morgan fingerprint density at radius 1 is 1.42 bits per heavy atom. The molecular formula is C15H23ClN2O. The van der Waals surface area contributed by atoms with E-state index in [-0.39, 0.29) is 0 Å². The van der Waals surface area contributed by atoms with Crippen LogP contribution < -0.4 is 5.32 Å². The second-order valence-corrected chi connectivity index (χ2v) is 6.05. The molecular weight excluding hydrogens is 260 g/mol. The third-order valence-electron chi connectivity index (χ3n) is 3.94. The van der Waals surface area contributed by atoms with Crippen molar-refractivity contribution in [3.05, 3.63) is 34.9 Å². The standard InChI is InChI=1S/C15H23ClN2O/c1-11-10-18(2)8-7-14(11)17-9-15(19)12-3-5-13(16)6-4-12/h3-6,11,14-15,17,19H,7-10H2,1-2H3. The summed E-state index contributed by atoms with van der Waals surface area (Å²) >= 11 is 5.85. The molecule has 1 aromatic carbocycles. The number of hydrogen-bond acceptors (Lipinski definition) is 3. The highest BCUT2D eigenvalue weighted by Gasteiger charge is 2.24. The number of nitrogens with one attached hydrogen (secondary N) is 1. The zero-order chi connectivity index (χ0) is 13.8. The predicted octanol–water partition coefficient (Wildman–Crippen LogP) is 2.30. The van der Waals surface area contributed by atoms with Crippen molar-refractivity contribution in [2.45, 2.75) is 25.5 Å². The summed E-state index contributed by atoms with van der Waals surface area (Å²) in [5.41, 5.74) is 0.914. The second-order valence-electron chi connectivity index (χ2n) is 5.61. The van der Waals surface area contributed by atoms with Crippen molar-refractivity contribution < 1.29 is 5.11 Å². The summed E-state index contributed by atoms with van der Waals surface area (Å²) in [7, 11) is 2.16. The molecule has 19 heavy (non-hydrogen) atoms. The van der Waals surface area contributed by atoms with Gasteiger partial charge in [-0.05, 0) is 43.6 Å². The molecule has 0 aromatic heterocycles. The Hall–Kier alpha value is -0.610. The van der Waals surface area contributed by atoms with Crippen molar-refractivity contribution in [3.63, 3.8) is 0 Å². The van der Waals surface area contributed by atoms with Crippen LogP contribution in [0.1, 0.15) is 25.0 Å². The topological polar surface area (TPSA) is 35.5 Å². The number of aliphatic hydroxyl groups is 1. The maximum absolute atomic E-state index is 10.2. The third kappa shape index (κ3) is 4.18. The monoisotopic (exact) mass is 282 g/mol. The summed E-state index contributed by atoms with van der Waals surface area (Å²) in [4.78, 5) is 2.36. The minimum Gasteiger partial charge on any atom is -0.387 e. The van der Waals surface area contributed by atoms with Gasteiger partial charge in [0.15, 0.2) is 0 Å². The van der Waals surface area contributed by atoms with E-state index in [2.05, 4.69) is 24.2 Å². The Labute approximate surface area is 120 Å². The Morgan fingerprint density at radius 3 is 2.74 bits per heavy atom. The van der Waals surface area contributed by atoms with Gasteiger partial charge in [-0.15, -0.1) is 0 Å². The van der Waals surface area contributed by atoms with E-state index < -0.39 is 6.10 Å². The minimum atomic E-state index is -0.468. The molecule has 1 aliphatic rings. The zero-order valence-electron chi connectivity index (χ0n) is 11.6. The number of piperidine rings is 1. The molecule has 1 saturated heterocycles. The Bertz CT molecular complexity index is 396. The van der Waals surface area contributed by atoms with Crippen molar-refractivity contribution in [1.29, 1.82) is 0 Å². The van der Waals surface area contributed by atoms with Crippen LogP contribution in [0.4, 0.5) is 0 Å². The van der Waals surface area contributed by atoms with E-state index in [1.807, 2.05) is 24.3 Å². The first-order valence-electron chi connectivity index (χ1n) is 6.91. The van der Waals surface area contributed by atoms with Crippen LogP contribution in [0.2, 0.25) is 5.02 Å². The molecule has 4 heteroatoms. The Kier molecular flexibility index (Phi) is 5.22. The molecule has 3 unspecified atom stereocenters. The van der Waals surface area contributed by atoms with Crippen molar-refractivity contribution in [2.24, 2.45) is 5.92 Å². The number of likely N-dealkylation sites (tertiary alicyclic amines) is 1. The number of nitrogens with zero attached hydrogens (tertiary/aromatic N) is 1. The summed E-state index contributed by atoms with van der Waals surface area (Å²) in [5.74, 6) is 0.621. The summed E-state index contributed by atoms with van der Waals surface area (Å²) in [5, 5.41) is 14.4. The fraction of sp³-hybridized carbons (Fsp3) is 0.600. The van der Waals surface area contributed by atoms with E-state index in [0.29, 0.717) is 23.5 Å². The lowest BCUT2D eigenvalue weighted by molar-refractivity contribution is 0.137. The van der Waals surface area contributed by atoms with E-state index in [0.717, 1.165) is 25.1 Å². The van der Waals surface area contributed by atoms with Gasteiger partial charge in [-0.25, -0.2) is 0 Å². The van der Waals surface area contributed by atoms with Gasteiger partial charge in [0.25, 0.3) is 0 Å². The van der Waals surface area contributed by atoms with Crippen LogP contribution >= 0.6 is 11.6 Å². The van der Waals surface area contributed by atoms with E-state index >= 15 is 0 Å². The lowest BCUT2D eigenvalue weighted by Gasteiger charge is -2.35. The van der Waals surface area contributed by atoms with Gasteiger partial charge in [0.05, 0.1) is 6.10 Å². The van der Waals surface area contributed by atoms with Gasteiger partial charge in [-0.1, -0.05) is 30.7 Å². The molecule has 1 aromatic rings. The zero-order valence-corrected chi connectivity index (χ0v) is 12.4. The molecule has 1 heterocycles. The van der Waals surface area contributed by atoms with Gasteiger partial charge in [-0.3, -0.25) is 0 Å². The van der Waals surface area contributed by atoms with Gasteiger partial charge in [-0.2, -0.15) is 0 Å². The van der Waals surface area contributed by atoms with Crippen molar-refractivity contribution in [1.82, 2.24) is 10.2 Å². The lowest BCUT2D eigenvalue weighted by atomic mass is 9.94. The molecule has 0 aliphatic carbocycles. The van der Waals surface area contributed by atoms with Crippen molar-refractivity contribution >= 4 is 11.6 Å². The van der Waals surface area contributed by atoms with Crippen LogP contribution in [0.15, 0.2) is 24.3 Å². The first-order valence-corrected chi connectivity index (χ1v) is 7.29. The van der Waals surface area contributed by atoms with Crippen LogP contribution in [0.25, 0.3) is 0 Å². The molecule has 106 valence electrons. The molecule has 1 fully saturated rings. The molecule has 2 N–H and O–H groups in total. The summed E-state index contributed by atoms with van der Waals surface area (Å²) in [6, 6.07) is 7.90. The number of rotatable bonds is 4. The molecule has 1 aliphatic heterocycles. The van der Waals surface area contributed by atoms with Crippen molar-refractivity contribution in [2.75, 3.05) is 26.7 Å². The highest BCUT2D eigenvalue weighted by atomic mass is 35.5. The number of hydrogen-bond donors (Lipinski definition) is 2. The average Bonchev–Trinajstić information content (AvgIpc) is 2.38. The SMILES string of the molecule is CC1CN(C)CCC1NCC(O)c1ccc(Cl)cc1. The highest BCUT2D eigenvalue weighted by Crippen LogP contribution is 2.18. The summed E-state index contributed by atoms with van der Waals surface area (Å²) < 4.78 is 0. The quantitative estimate of drug-likeness (QED) is 0.890. The van der Waals surface area contributed by atoms with Crippen LogP contribution in [0.5, 0.6) is 0 Å². The maximum atomic E-state index is 10.2. The smallest absolute Gasteiger partial charge is 0.0914 e. The molecule has 3 atom stereocenters. The molecule has 0 bridgehead atoms. The summed E-state index contributed by atoms with van der Waals surface area (Å²) in [6.45, 7) is 5.11. The predicted molar refractivity (Wildman–Crippen MR) is 79.5 cm³/mol. The summed E-state index contributed by atoms with van der Waals surface area (Å²) in [6.07, 6.45) is 0.675. The van der Waals surface area contributed by atoms with Crippen LogP contribution in [-0.2, 0) is 0 Å². The number of halogens is 1. The number of benzene rings is 1. The normalized spacial score (nSPS) is 26.3. The first kappa shape index (κ1) is 14.8. The van der Waals surface area contributed by atoms with Crippen molar-refractivity contribution in [3.8, 4) is 0 Å². The molecule has 0 radical (unpaired) electrons. The Balaban J connectivity index is 1.83. The van der Waals surface area contributed by atoms with Gasteiger partial charge in [0.1, 0.15) is 0 Å². The molecule has 0 amide bonds. The lowest BCUT2D eigenvalue weighted by Crippen LogP contribution is -2.47. The van der Waals surface area contributed by atoms with E-state index in [4.69, 9.17) is 11.6 Å². The van der Waals surface area contributed by atoms with Crippen LogP contribution in [0, 0.1) is 5.92 Å². The number of aliphatic hydroxyl groups excluding tert-OH is 1. The fourth-order valence-corrected chi connectivity index (χ4v) is 2.85. The molecule has 3 nitrogen and oxygen atoms in total. The highest BCUT2D eigenvalue weighted by molar-refractivity contribution is 6.30. The molecule has 0 saturated carbocycles. The van der Waals surface area contributed by atoms with E-state index in [9.17, 15) is 5.11 Å². The molecule has 0 spiro atoms.